The second-order valence-electron chi connectivity index (χ2n) is 18.0. The molecule has 5 aliphatic heterocycles. The summed E-state index contributed by atoms with van der Waals surface area (Å²) in [5.41, 5.74) is -3.73. The molecule has 3 fully saturated rings. The van der Waals surface area contributed by atoms with Gasteiger partial charge in [0.1, 0.15) is 23.7 Å². The number of aromatic nitrogens is 3. The van der Waals surface area contributed by atoms with Crippen molar-refractivity contribution in [3.8, 4) is 5.82 Å². The Morgan fingerprint density at radius 3 is 2.48 bits per heavy atom. The summed E-state index contributed by atoms with van der Waals surface area (Å²) >= 11 is 0. The van der Waals surface area contributed by atoms with Gasteiger partial charge in [-0.15, -0.1) is 0 Å². The van der Waals surface area contributed by atoms with E-state index in [0.29, 0.717) is 23.5 Å². The first-order valence-electron chi connectivity index (χ1n) is 21.4. The van der Waals surface area contributed by atoms with E-state index in [9.17, 15) is 24.6 Å². The molecule has 14 atom stereocenters. The molecule has 0 aliphatic carbocycles. The SMILES string of the molecule is CC[C@H]1OC(=O)[C@H](C)C(=O)[C@H](C)[C@@H](O[C@@H]2O[C@H](C)C[C@H](N(C)C)[C@H]2O)[C@@]2(C)C[C@@H](C)C(=NC(C)=O)C3(OCc4ccc(-n5cccn5)nc4)N=C(CO[C@H]([C@H]3C)[C@]1(C)O)CO2. The zero-order valence-corrected chi connectivity index (χ0v) is 37.3. The quantitative estimate of drug-likeness (QED) is 0.288. The highest BCUT2D eigenvalue weighted by molar-refractivity contribution is 6.04. The number of esters is 1. The number of rotatable bonds is 8. The van der Waals surface area contributed by atoms with Crippen molar-refractivity contribution in [2.75, 3.05) is 27.3 Å². The van der Waals surface area contributed by atoms with Gasteiger partial charge in [-0.25, -0.2) is 19.7 Å². The van der Waals surface area contributed by atoms with Gasteiger partial charge < -0.3 is 43.5 Å². The Kier molecular flexibility index (Phi) is 14.2. The monoisotopic (exact) mass is 852 g/mol. The van der Waals surface area contributed by atoms with E-state index in [4.69, 9.17) is 33.4 Å². The average Bonchev–Trinajstić information content (AvgIpc) is 3.72. The first-order chi connectivity index (χ1) is 28.7. The van der Waals surface area contributed by atoms with Gasteiger partial charge in [0, 0.05) is 49.3 Å². The van der Waals surface area contributed by atoms with Crippen LogP contribution in [0.15, 0.2) is 46.8 Å². The van der Waals surface area contributed by atoms with Crippen LogP contribution >= 0.6 is 0 Å². The number of hydrogen-bond donors (Lipinski definition) is 2. The van der Waals surface area contributed by atoms with E-state index in [1.165, 1.54) is 20.8 Å². The fourth-order valence-corrected chi connectivity index (χ4v) is 9.63. The maximum absolute atomic E-state index is 14.6. The number of aliphatic hydroxyl groups excluding tert-OH is 1. The van der Waals surface area contributed by atoms with E-state index in [-0.39, 0.29) is 50.5 Å². The minimum absolute atomic E-state index is 0.0484. The number of hydrogen-bond acceptors (Lipinski definition) is 15. The van der Waals surface area contributed by atoms with Crippen LogP contribution in [-0.2, 0) is 49.4 Å². The summed E-state index contributed by atoms with van der Waals surface area (Å²) in [6, 6.07) is 5.13. The molecule has 0 radical (unpaired) electrons. The molecule has 17 nitrogen and oxygen atoms in total. The molecule has 4 bridgehead atoms. The van der Waals surface area contributed by atoms with Crippen molar-refractivity contribution in [1.29, 1.82) is 0 Å². The van der Waals surface area contributed by atoms with Crippen LogP contribution in [0.25, 0.3) is 5.82 Å². The van der Waals surface area contributed by atoms with Gasteiger partial charge in [-0.2, -0.15) is 5.10 Å². The summed E-state index contributed by atoms with van der Waals surface area (Å²) in [7, 11) is 3.74. The van der Waals surface area contributed by atoms with Crippen LogP contribution in [0.3, 0.4) is 0 Å². The average molecular weight is 853 g/mol. The Morgan fingerprint density at radius 1 is 1.11 bits per heavy atom. The third-order valence-corrected chi connectivity index (χ3v) is 12.9. The van der Waals surface area contributed by atoms with Crippen molar-refractivity contribution in [1.82, 2.24) is 19.7 Å². The molecule has 2 aromatic heterocycles. The van der Waals surface area contributed by atoms with Crippen molar-refractivity contribution < 1.29 is 53.0 Å². The van der Waals surface area contributed by atoms with Gasteiger partial charge in [0.2, 0.25) is 11.6 Å². The highest BCUT2D eigenvalue weighted by Gasteiger charge is 2.59. The lowest BCUT2D eigenvalue weighted by Crippen LogP contribution is -2.61. The fourth-order valence-electron chi connectivity index (χ4n) is 9.63. The maximum Gasteiger partial charge on any atom is 0.316 e. The third kappa shape index (κ3) is 9.44. The van der Waals surface area contributed by atoms with E-state index >= 15 is 0 Å². The Labute approximate surface area is 358 Å². The number of likely N-dealkylation sites (N-methyl/N-ethyl adjacent to an activating group) is 1. The van der Waals surface area contributed by atoms with Gasteiger partial charge in [0.15, 0.2) is 17.9 Å². The molecule has 17 heteroatoms. The van der Waals surface area contributed by atoms with Gasteiger partial charge in [-0.3, -0.25) is 14.4 Å². The lowest BCUT2D eigenvalue weighted by Gasteiger charge is -2.48. The number of aliphatic imine (C=N–C) groups is 2. The second kappa shape index (κ2) is 18.5. The number of carbonyl (C=O) groups excluding carboxylic acids is 3. The first-order valence-corrected chi connectivity index (χ1v) is 21.4. The van der Waals surface area contributed by atoms with Gasteiger partial charge in [-0.1, -0.05) is 33.8 Å². The summed E-state index contributed by atoms with van der Waals surface area (Å²) in [4.78, 5) is 58.4. The van der Waals surface area contributed by atoms with Crippen LogP contribution in [0.2, 0.25) is 0 Å². The van der Waals surface area contributed by atoms with Gasteiger partial charge in [-0.05, 0) is 78.7 Å². The van der Waals surface area contributed by atoms with Gasteiger partial charge >= 0.3 is 5.97 Å². The first kappa shape index (κ1) is 46.7. The molecule has 5 aliphatic rings. The molecule has 0 saturated carbocycles. The normalized spacial score (nSPS) is 39.6. The summed E-state index contributed by atoms with van der Waals surface area (Å²) in [6.45, 7) is 14.8. The maximum atomic E-state index is 14.6. The van der Waals surface area contributed by atoms with Crippen molar-refractivity contribution in [3.63, 3.8) is 0 Å². The minimum Gasteiger partial charge on any atom is -0.459 e. The van der Waals surface area contributed by atoms with Crippen molar-refractivity contribution in [2.24, 2.45) is 33.7 Å². The summed E-state index contributed by atoms with van der Waals surface area (Å²) < 4.78 is 41.3. The van der Waals surface area contributed by atoms with Crippen LogP contribution in [0.4, 0.5) is 0 Å². The number of amides is 1. The Bertz CT molecular complexity index is 1940. The summed E-state index contributed by atoms with van der Waals surface area (Å²) in [5, 5.41) is 28.6. The predicted molar refractivity (Wildman–Crippen MR) is 223 cm³/mol. The molecule has 7 rings (SSSR count). The zero-order chi connectivity index (χ0) is 44.6. The number of ketones is 1. The Balaban J connectivity index is 1.53. The molecule has 336 valence electrons. The molecule has 1 amide bonds. The van der Waals surface area contributed by atoms with Crippen LogP contribution in [0.1, 0.15) is 87.1 Å². The van der Waals surface area contributed by atoms with E-state index in [0.717, 1.165) is 0 Å². The van der Waals surface area contributed by atoms with E-state index in [1.54, 1.807) is 49.3 Å². The lowest BCUT2D eigenvalue weighted by molar-refractivity contribution is -0.296. The molecule has 61 heavy (non-hydrogen) atoms. The fraction of sp³-hybridized carbons (Fsp3) is 0.705. The van der Waals surface area contributed by atoms with Crippen LogP contribution in [0.5, 0.6) is 0 Å². The molecule has 2 aromatic rings. The Hall–Kier alpha value is -3.81. The molecular formula is C44H64N6O11. The highest BCUT2D eigenvalue weighted by atomic mass is 16.7. The van der Waals surface area contributed by atoms with Crippen molar-refractivity contribution >= 4 is 29.1 Å². The number of pyridine rings is 1. The number of ether oxygens (including phenoxy) is 6. The van der Waals surface area contributed by atoms with Crippen LogP contribution in [-0.4, -0.2) is 146 Å². The van der Waals surface area contributed by atoms with E-state index in [2.05, 4.69) is 15.1 Å². The van der Waals surface area contributed by atoms with E-state index < -0.39 is 89.0 Å². The number of aliphatic hydroxyl groups is 2. The van der Waals surface area contributed by atoms with Gasteiger partial charge in [0.05, 0.1) is 55.2 Å². The van der Waals surface area contributed by atoms with Crippen molar-refractivity contribution in [2.45, 2.75) is 148 Å². The van der Waals surface area contributed by atoms with Gasteiger partial charge in [0.25, 0.3) is 0 Å². The molecule has 1 unspecified atom stereocenters. The van der Waals surface area contributed by atoms with Crippen LogP contribution in [0, 0.1) is 23.7 Å². The van der Waals surface area contributed by atoms with Crippen molar-refractivity contribution in [3.05, 3.63) is 42.4 Å². The smallest absolute Gasteiger partial charge is 0.316 e. The minimum atomic E-state index is -1.88. The number of Topliss-reactive ketones (excluding diaryl/α,β-unsaturated/α-hetero) is 1. The molecule has 3 saturated heterocycles. The summed E-state index contributed by atoms with van der Waals surface area (Å²) in [5.74, 6) is -5.08. The second-order valence-corrected chi connectivity index (χ2v) is 18.0. The molecule has 2 N–H and O–H groups in total. The lowest BCUT2D eigenvalue weighted by atomic mass is 9.73. The number of fused-ring (bicyclic) bond motifs is 11. The predicted octanol–water partition coefficient (Wildman–Crippen LogP) is 3.50. The summed E-state index contributed by atoms with van der Waals surface area (Å²) in [6.07, 6.45) is -0.0781. The molecular weight excluding hydrogens is 789 g/mol. The molecule has 0 spiro atoms. The highest BCUT2D eigenvalue weighted by Crippen LogP contribution is 2.45. The number of nitrogens with zero attached hydrogens (tertiary/aromatic N) is 6. The largest absolute Gasteiger partial charge is 0.459 e. The molecule has 0 aromatic carbocycles. The van der Waals surface area contributed by atoms with Crippen LogP contribution < -0.4 is 0 Å². The third-order valence-electron chi connectivity index (χ3n) is 12.9. The topological polar surface area (TPSA) is 206 Å². The molecule has 7 heterocycles. The van der Waals surface area contributed by atoms with E-state index in [1.807, 2.05) is 52.8 Å². The standard InChI is InChI=1S/C44H64N6O11/c1-12-33-43(9,55)39-28(6)44(58-21-30-14-15-34(45-20-30)50-17-13-16-46-50)37(47-29(7)51)24(2)19-42(8,57-23-31(48-44)22-56-39)38(26(4)35(52)27(5)40(54)60-33)61-41-36(53)32(49(10)11)18-25(3)59-41/h13-17,20,24-28,32-33,36,38-39,41,53,55H,12,18-19,21-23H2,1-11H3/t24-,25-,26+,27-,28-,32+,33-,36-,38-,39-,41+,42-,43-,44?/m1/s1. The Morgan fingerprint density at radius 2 is 1.85 bits per heavy atom. The zero-order valence-electron chi connectivity index (χ0n) is 37.3. The number of carbonyl (C=O) groups is 3.